The molecule has 94 valence electrons. The minimum atomic E-state index is -0.189. The normalized spacial score (nSPS) is 10.2. The van der Waals surface area contributed by atoms with Crippen LogP contribution in [0.5, 0.6) is 5.75 Å². The lowest BCUT2D eigenvalue weighted by Crippen LogP contribution is -2.10. The van der Waals surface area contributed by atoms with E-state index in [1.54, 1.807) is 0 Å². The molecule has 0 unspecified atom stereocenters. The molecular weight excluding hydrogens is 216 g/mol. The molecule has 0 aliphatic heterocycles. The van der Waals surface area contributed by atoms with Gasteiger partial charge in [-0.3, -0.25) is 4.79 Å². The summed E-state index contributed by atoms with van der Waals surface area (Å²) in [6.45, 7) is 5.28. The second-order valence-corrected chi connectivity index (χ2v) is 3.74. The van der Waals surface area contributed by atoms with E-state index in [0.717, 1.165) is 12.0 Å². The summed E-state index contributed by atoms with van der Waals surface area (Å²) >= 11 is 0. The van der Waals surface area contributed by atoms with E-state index in [2.05, 4.69) is 0 Å². The molecule has 0 atom stereocenters. The largest absolute Gasteiger partial charge is 0.426 e. The number of hydrogen-bond donors (Lipinski definition) is 0. The highest BCUT2D eigenvalue weighted by Crippen LogP contribution is 2.18. The number of carbonyl (C=O) groups is 1. The minimum Gasteiger partial charge on any atom is -0.426 e. The van der Waals surface area contributed by atoms with Gasteiger partial charge >= 0.3 is 5.97 Å². The molecule has 0 aliphatic carbocycles. The van der Waals surface area contributed by atoms with Crippen molar-refractivity contribution in [3.8, 4) is 5.75 Å². The summed E-state index contributed by atoms with van der Waals surface area (Å²) in [6, 6.07) is 7.63. The summed E-state index contributed by atoms with van der Waals surface area (Å²) in [6.07, 6.45) is 1.97. The van der Waals surface area contributed by atoms with Gasteiger partial charge in [0.05, 0.1) is 0 Å². The van der Waals surface area contributed by atoms with Crippen molar-refractivity contribution >= 4 is 5.97 Å². The molecule has 0 saturated carbocycles. The van der Waals surface area contributed by atoms with Crippen molar-refractivity contribution < 1.29 is 14.3 Å². The molecule has 1 rings (SSSR count). The Morgan fingerprint density at radius 3 is 2.71 bits per heavy atom. The van der Waals surface area contributed by atoms with Gasteiger partial charge in [-0.25, -0.2) is 0 Å². The number of carbonyl (C=O) groups excluding carboxylic acids is 1. The Morgan fingerprint density at radius 1 is 1.24 bits per heavy atom. The Bertz CT molecular complexity index is 347. The quantitative estimate of drug-likeness (QED) is 0.415. The second kappa shape index (κ2) is 7.85. The molecule has 0 amide bonds. The van der Waals surface area contributed by atoms with E-state index in [9.17, 15) is 4.79 Å². The molecule has 0 aliphatic rings. The van der Waals surface area contributed by atoms with Crippen LogP contribution in [0.25, 0.3) is 0 Å². The van der Waals surface area contributed by atoms with Crippen molar-refractivity contribution in [2.24, 2.45) is 0 Å². The van der Waals surface area contributed by atoms with Gasteiger partial charge in [0, 0.05) is 19.6 Å². The lowest BCUT2D eigenvalue weighted by molar-refractivity contribution is -0.134. The average Bonchev–Trinajstić information content (AvgIpc) is 2.35. The monoisotopic (exact) mass is 236 g/mol. The van der Waals surface area contributed by atoms with E-state index in [4.69, 9.17) is 9.47 Å². The highest BCUT2D eigenvalue weighted by Gasteiger charge is 2.07. The third-order valence-electron chi connectivity index (χ3n) is 2.45. The first-order valence-electron chi connectivity index (χ1n) is 6.14. The first-order valence-corrected chi connectivity index (χ1v) is 6.14. The van der Waals surface area contributed by atoms with Crippen LogP contribution in [0.1, 0.15) is 32.3 Å². The number of benzene rings is 1. The molecule has 0 bridgehead atoms. The van der Waals surface area contributed by atoms with E-state index < -0.39 is 0 Å². The predicted molar refractivity (Wildman–Crippen MR) is 67.2 cm³/mol. The van der Waals surface area contributed by atoms with Gasteiger partial charge in [0.15, 0.2) is 0 Å². The molecule has 0 heterocycles. The lowest BCUT2D eigenvalue weighted by Gasteiger charge is -2.08. The number of aryl methyl sites for hydroxylation is 1. The van der Waals surface area contributed by atoms with Gasteiger partial charge in [-0.1, -0.05) is 25.1 Å². The molecule has 0 radical (unpaired) electrons. The SMILES string of the molecule is CCOCCCC(=O)Oc1ccccc1CC. The topological polar surface area (TPSA) is 35.5 Å². The zero-order valence-electron chi connectivity index (χ0n) is 10.6. The molecule has 1 aromatic rings. The first kappa shape index (κ1) is 13.7. The van der Waals surface area contributed by atoms with Crippen molar-refractivity contribution in [1.82, 2.24) is 0 Å². The summed E-state index contributed by atoms with van der Waals surface area (Å²) in [5.41, 5.74) is 1.06. The maximum Gasteiger partial charge on any atom is 0.311 e. The van der Waals surface area contributed by atoms with Crippen molar-refractivity contribution in [3.63, 3.8) is 0 Å². The number of rotatable bonds is 7. The molecule has 0 aromatic heterocycles. The molecule has 0 N–H and O–H groups in total. The Hall–Kier alpha value is -1.35. The fourth-order valence-corrected chi connectivity index (χ4v) is 1.53. The Kier molecular flexibility index (Phi) is 6.33. The van der Waals surface area contributed by atoms with Crippen molar-refractivity contribution in [2.45, 2.75) is 33.1 Å². The zero-order valence-corrected chi connectivity index (χ0v) is 10.6. The van der Waals surface area contributed by atoms with Crippen LogP contribution in [0.15, 0.2) is 24.3 Å². The number of esters is 1. The van der Waals surface area contributed by atoms with Crippen LogP contribution in [0, 0.1) is 0 Å². The fourth-order valence-electron chi connectivity index (χ4n) is 1.53. The maximum absolute atomic E-state index is 11.6. The van der Waals surface area contributed by atoms with Crippen LogP contribution < -0.4 is 4.74 Å². The second-order valence-electron chi connectivity index (χ2n) is 3.74. The summed E-state index contributed by atoms with van der Waals surface area (Å²) in [5.74, 6) is 0.488. The number of para-hydroxylation sites is 1. The summed E-state index contributed by atoms with van der Waals surface area (Å²) < 4.78 is 10.5. The molecule has 17 heavy (non-hydrogen) atoms. The van der Waals surface area contributed by atoms with Crippen molar-refractivity contribution in [1.29, 1.82) is 0 Å². The molecule has 0 spiro atoms. The van der Waals surface area contributed by atoms with Gasteiger partial charge < -0.3 is 9.47 Å². The van der Waals surface area contributed by atoms with Crippen LogP contribution in [0.3, 0.4) is 0 Å². The van der Waals surface area contributed by atoms with E-state index in [0.29, 0.717) is 31.8 Å². The third-order valence-corrected chi connectivity index (χ3v) is 2.45. The van der Waals surface area contributed by atoms with Crippen LogP contribution >= 0.6 is 0 Å². The van der Waals surface area contributed by atoms with Crippen LogP contribution in [0.4, 0.5) is 0 Å². The van der Waals surface area contributed by atoms with Gasteiger partial charge in [0.25, 0.3) is 0 Å². The standard InChI is InChI=1S/C14H20O3/c1-3-12-8-5-6-9-13(12)17-14(15)10-7-11-16-4-2/h5-6,8-9H,3-4,7,10-11H2,1-2H3. The minimum absolute atomic E-state index is 0.189. The number of ether oxygens (including phenoxy) is 2. The molecular formula is C14H20O3. The number of hydrogen-bond acceptors (Lipinski definition) is 3. The van der Waals surface area contributed by atoms with Gasteiger partial charge in [-0.15, -0.1) is 0 Å². The van der Waals surface area contributed by atoms with E-state index in [1.807, 2.05) is 38.1 Å². The Balaban J connectivity index is 2.39. The van der Waals surface area contributed by atoms with Crippen LogP contribution in [-0.4, -0.2) is 19.2 Å². The van der Waals surface area contributed by atoms with E-state index in [-0.39, 0.29) is 5.97 Å². The van der Waals surface area contributed by atoms with Gasteiger partial charge in [0.1, 0.15) is 5.75 Å². The molecule has 1 aromatic carbocycles. The molecule has 3 heteroatoms. The Morgan fingerprint density at radius 2 is 2.00 bits per heavy atom. The smallest absolute Gasteiger partial charge is 0.311 e. The Labute approximate surface area is 103 Å². The highest BCUT2D eigenvalue weighted by molar-refractivity contribution is 5.72. The fraction of sp³-hybridized carbons (Fsp3) is 0.500. The highest BCUT2D eigenvalue weighted by atomic mass is 16.5. The summed E-state index contributed by atoms with van der Waals surface area (Å²) in [4.78, 5) is 11.6. The summed E-state index contributed by atoms with van der Waals surface area (Å²) in [7, 11) is 0. The lowest BCUT2D eigenvalue weighted by atomic mass is 10.1. The third kappa shape index (κ3) is 5.00. The van der Waals surface area contributed by atoms with E-state index in [1.165, 1.54) is 0 Å². The van der Waals surface area contributed by atoms with Crippen LogP contribution in [0.2, 0.25) is 0 Å². The van der Waals surface area contributed by atoms with Gasteiger partial charge in [-0.2, -0.15) is 0 Å². The van der Waals surface area contributed by atoms with Crippen molar-refractivity contribution in [2.75, 3.05) is 13.2 Å². The molecule has 3 nitrogen and oxygen atoms in total. The van der Waals surface area contributed by atoms with Gasteiger partial charge in [0.2, 0.25) is 0 Å². The molecule has 0 saturated heterocycles. The maximum atomic E-state index is 11.6. The van der Waals surface area contributed by atoms with Gasteiger partial charge in [-0.05, 0) is 31.4 Å². The zero-order chi connectivity index (χ0) is 12.5. The first-order chi connectivity index (χ1) is 8.27. The van der Waals surface area contributed by atoms with Crippen LogP contribution in [-0.2, 0) is 16.0 Å². The molecule has 0 fully saturated rings. The summed E-state index contributed by atoms with van der Waals surface area (Å²) in [5, 5.41) is 0. The predicted octanol–water partition coefficient (Wildman–Crippen LogP) is 2.97. The van der Waals surface area contributed by atoms with E-state index >= 15 is 0 Å². The average molecular weight is 236 g/mol. The van der Waals surface area contributed by atoms with Crippen molar-refractivity contribution in [3.05, 3.63) is 29.8 Å².